The van der Waals surface area contributed by atoms with Gasteiger partial charge in [0.15, 0.2) is 0 Å². The maximum Gasteiger partial charge on any atom is 0.250 e. The van der Waals surface area contributed by atoms with Crippen molar-refractivity contribution in [2.24, 2.45) is 0 Å². The van der Waals surface area contributed by atoms with E-state index in [0.29, 0.717) is 13.0 Å². The van der Waals surface area contributed by atoms with E-state index in [0.717, 1.165) is 4.88 Å². The zero-order valence-corrected chi connectivity index (χ0v) is 12.2. The fraction of sp³-hybridized carbons (Fsp3) is 0.636. The number of hydrogen-bond donors (Lipinski definition) is 2. The standard InChI is InChI=1S/C11H19NO4S2/c1-9(2)16-8-6-12-18(14,15)11-4-3-10(17-11)5-7-13/h3-4,9,12-13H,5-8H2,1-2H3. The Morgan fingerprint density at radius 3 is 2.78 bits per heavy atom. The molecule has 0 aliphatic rings. The Bertz CT molecular complexity index is 453. The first kappa shape index (κ1) is 15.6. The van der Waals surface area contributed by atoms with Crippen molar-refractivity contribution in [3.8, 4) is 0 Å². The number of nitrogens with one attached hydrogen (secondary N) is 1. The van der Waals surface area contributed by atoms with Gasteiger partial charge in [0, 0.05) is 24.4 Å². The first-order valence-electron chi connectivity index (χ1n) is 5.76. The maximum atomic E-state index is 11.9. The normalized spacial score (nSPS) is 12.2. The summed E-state index contributed by atoms with van der Waals surface area (Å²) in [5, 5.41) is 8.78. The van der Waals surface area contributed by atoms with Crippen molar-refractivity contribution in [3.63, 3.8) is 0 Å². The Labute approximate surface area is 112 Å². The molecule has 0 amide bonds. The molecule has 1 aromatic rings. The molecule has 1 heterocycles. The number of rotatable bonds is 8. The topological polar surface area (TPSA) is 75.6 Å². The second kappa shape index (κ2) is 7.20. The summed E-state index contributed by atoms with van der Waals surface area (Å²) in [6.07, 6.45) is 0.573. The zero-order chi connectivity index (χ0) is 13.6. The van der Waals surface area contributed by atoms with Gasteiger partial charge < -0.3 is 9.84 Å². The van der Waals surface area contributed by atoms with Crippen LogP contribution in [-0.2, 0) is 21.2 Å². The van der Waals surface area contributed by atoms with Crippen LogP contribution in [0.15, 0.2) is 16.3 Å². The third-order valence-corrected chi connectivity index (χ3v) is 5.20. The lowest BCUT2D eigenvalue weighted by atomic mass is 10.4. The second-order valence-electron chi connectivity index (χ2n) is 4.01. The molecule has 0 saturated heterocycles. The van der Waals surface area contributed by atoms with Gasteiger partial charge in [0.2, 0.25) is 10.0 Å². The van der Waals surface area contributed by atoms with Gasteiger partial charge in [0.25, 0.3) is 0 Å². The third kappa shape index (κ3) is 5.03. The number of ether oxygens (including phenoxy) is 1. The van der Waals surface area contributed by atoms with Crippen LogP contribution in [0.2, 0.25) is 0 Å². The van der Waals surface area contributed by atoms with Crippen LogP contribution in [-0.4, -0.2) is 39.4 Å². The summed E-state index contributed by atoms with van der Waals surface area (Å²) in [5.41, 5.74) is 0. The maximum absolute atomic E-state index is 11.9. The molecule has 2 N–H and O–H groups in total. The Kier molecular flexibility index (Phi) is 6.24. The molecule has 0 aliphatic carbocycles. The highest BCUT2D eigenvalue weighted by atomic mass is 32.2. The van der Waals surface area contributed by atoms with Crippen LogP contribution in [0.3, 0.4) is 0 Å². The Hall–Kier alpha value is -0.470. The molecule has 1 aromatic heterocycles. The van der Waals surface area contributed by atoms with Crippen LogP contribution in [0.1, 0.15) is 18.7 Å². The van der Waals surface area contributed by atoms with Gasteiger partial charge in [0.1, 0.15) is 4.21 Å². The molecule has 0 atom stereocenters. The first-order chi connectivity index (χ1) is 8.45. The van der Waals surface area contributed by atoms with Gasteiger partial charge in [-0.25, -0.2) is 13.1 Å². The summed E-state index contributed by atoms with van der Waals surface area (Å²) in [4.78, 5) is 0.858. The minimum Gasteiger partial charge on any atom is -0.396 e. The van der Waals surface area contributed by atoms with Crippen molar-refractivity contribution in [1.29, 1.82) is 0 Å². The van der Waals surface area contributed by atoms with Gasteiger partial charge in [-0.1, -0.05) is 0 Å². The molecular weight excluding hydrogens is 274 g/mol. The van der Waals surface area contributed by atoms with Gasteiger partial charge in [0.05, 0.1) is 12.7 Å². The Morgan fingerprint density at radius 2 is 2.17 bits per heavy atom. The van der Waals surface area contributed by atoms with Crippen molar-refractivity contribution >= 4 is 21.4 Å². The molecule has 5 nitrogen and oxygen atoms in total. The molecule has 0 aliphatic heterocycles. The van der Waals surface area contributed by atoms with Crippen LogP contribution in [0, 0.1) is 0 Å². The first-order valence-corrected chi connectivity index (χ1v) is 8.06. The molecular formula is C11H19NO4S2. The lowest BCUT2D eigenvalue weighted by molar-refractivity contribution is 0.0834. The molecule has 0 fully saturated rings. The van der Waals surface area contributed by atoms with Crippen LogP contribution < -0.4 is 4.72 Å². The summed E-state index contributed by atoms with van der Waals surface area (Å²) in [6, 6.07) is 3.28. The van der Waals surface area contributed by atoms with E-state index in [1.165, 1.54) is 11.3 Å². The number of aliphatic hydroxyl groups is 1. The molecule has 0 unspecified atom stereocenters. The quantitative estimate of drug-likeness (QED) is 0.701. The van der Waals surface area contributed by atoms with E-state index in [1.54, 1.807) is 12.1 Å². The number of hydrogen-bond acceptors (Lipinski definition) is 5. The number of sulfonamides is 1. The fourth-order valence-electron chi connectivity index (χ4n) is 1.29. The molecule has 104 valence electrons. The van der Waals surface area contributed by atoms with Crippen LogP contribution in [0.25, 0.3) is 0 Å². The molecule has 18 heavy (non-hydrogen) atoms. The zero-order valence-electron chi connectivity index (χ0n) is 10.5. The summed E-state index contributed by atoms with van der Waals surface area (Å²) in [7, 11) is -3.45. The van der Waals surface area contributed by atoms with Gasteiger partial charge >= 0.3 is 0 Å². The predicted octanol–water partition coefficient (Wildman–Crippen LogP) is 0.986. The van der Waals surface area contributed by atoms with Gasteiger partial charge in [-0.15, -0.1) is 11.3 Å². The highest BCUT2D eigenvalue weighted by molar-refractivity contribution is 7.91. The molecule has 0 bridgehead atoms. The van der Waals surface area contributed by atoms with E-state index in [9.17, 15) is 8.42 Å². The largest absolute Gasteiger partial charge is 0.396 e. The summed E-state index contributed by atoms with van der Waals surface area (Å²) in [5.74, 6) is 0. The van der Waals surface area contributed by atoms with E-state index in [2.05, 4.69) is 4.72 Å². The lowest BCUT2D eigenvalue weighted by Crippen LogP contribution is -2.27. The van der Waals surface area contributed by atoms with E-state index in [4.69, 9.17) is 9.84 Å². The molecule has 0 aromatic carbocycles. The van der Waals surface area contributed by atoms with E-state index in [-0.39, 0.29) is 23.5 Å². The van der Waals surface area contributed by atoms with E-state index in [1.807, 2.05) is 13.8 Å². The lowest BCUT2D eigenvalue weighted by Gasteiger charge is -2.08. The van der Waals surface area contributed by atoms with Crippen molar-refractivity contribution < 1.29 is 18.3 Å². The highest BCUT2D eigenvalue weighted by Gasteiger charge is 2.16. The predicted molar refractivity (Wildman–Crippen MR) is 71.4 cm³/mol. The average Bonchev–Trinajstić information content (AvgIpc) is 2.74. The SMILES string of the molecule is CC(C)OCCNS(=O)(=O)c1ccc(CCO)s1. The smallest absolute Gasteiger partial charge is 0.250 e. The fourth-order valence-corrected chi connectivity index (χ4v) is 3.69. The molecule has 0 spiro atoms. The van der Waals surface area contributed by atoms with E-state index >= 15 is 0 Å². The molecule has 0 saturated carbocycles. The van der Waals surface area contributed by atoms with Crippen molar-refractivity contribution in [1.82, 2.24) is 4.72 Å². The van der Waals surface area contributed by atoms with Gasteiger partial charge in [-0.3, -0.25) is 0 Å². The Morgan fingerprint density at radius 1 is 1.44 bits per heavy atom. The van der Waals surface area contributed by atoms with Crippen molar-refractivity contribution in [2.75, 3.05) is 19.8 Å². The van der Waals surface area contributed by atoms with Crippen LogP contribution in [0.4, 0.5) is 0 Å². The summed E-state index contributed by atoms with van der Waals surface area (Å²) >= 11 is 1.18. The minimum absolute atomic E-state index is 0.0235. The average molecular weight is 293 g/mol. The highest BCUT2D eigenvalue weighted by Crippen LogP contribution is 2.21. The summed E-state index contributed by atoms with van der Waals surface area (Å²) < 4.78 is 31.8. The van der Waals surface area contributed by atoms with Gasteiger partial charge in [-0.05, 0) is 26.0 Å². The number of thiophene rings is 1. The monoisotopic (exact) mass is 293 g/mol. The summed E-state index contributed by atoms with van der Waals surface area (Å²) in [6.45, 7) is 4.43. The van der Waals surface area contributed by atoms with E-state index < -0.39 is 10.0 Å². The molecule has 0 radical (unpaired) electrons. The third-order valence-electron chi connectivity index (χ3n) is 2.11. The van der Waals surface area contributed by atoms with Crippen molar-refractivity contribution in [3.05, 3.63) is 17.0 Å². The van der Waals surface area contributed by atoms with Crippen LogP contribution in [0.5, 0.6) is 0 Å². The molecule has 7 heteroatoms. The van der Waals surface area contributed by atoms with Crippen LogP contribution >= 0.6 is 11.3 Å². The second-order valence-corrected chi connectivity index (χ2v) is 7.17. The number of aliphatic hydroxyl groups excluding tert-OH is 1. The van der Waals surface area contributed by atoms with Crippen molar-refractivity contribution in [2.45, 2.75) is 30.6 Å². The Balaban J connectivity index is 2.51. The minimum atomic E-state index is -3.45. The van der Waals surface area contributed by atoms with Gasteiger partial charge in [-0.2, -0.15) is 0 Å². The molecule has 1 rings (SSSR count).